The Hall–Kier alpha value is -1.94. The molecule has 4 nitrogen and oxygen atoms in total. The monoisotopic (exact) mass is 335 g/mol. The Morgan fingerprint density at radius 2 is 1.83 bits per heavy atom. The average Bonchev–Trinajstić information content (AvgIpc) is 2.47. The van der Waals surface area contributed by atoms with Crippen LogP contribution >= 0.6 is 11.6 Å². The number of nitrogens with zero attached hydrogens (tertiary/aromatic N) is 1. The number of alkyl halides is 1. The molecule has 0 bridgehead atoms. The molecule has 2 aromatic carbocycles. The summed E-state index contributed by atoms with van der Waals surface area (Å²) >= 11 is 5.69. The van der Waals surface area contributed by atoms with Gasteiger partial charge >= 0.3 is 6.09 Å². The molecular formula is C18H22ClNO3. The van der Waals surface area contributed by atoms with Gasteiger partial charge in [0.05, 0.1) is 12.3 Å². The number of fused-ring (bicyclic) bond motifs is 1. The van der Waals surface area contributed by atoms with Gasteiger partial charge in [-0.2, -0.15) is 0 Å². The van der Waals surface area contributed by atoms with Crippen molar-refractivity contribution in [2.24, 2.45) is 0 Å². The van der Waals surface area contributed by atoms with E-state index >= 15 is 0 Å². The van der Waals surface area contributed by atoms with Crippen molar-refractivity contribution in [3.63, 3.8) is 0 Å². The largest absolute Gasteiger partial charge is 0.493 e. The summed E-state index contributed by atoms with van der Waals surface area (Å²) in [5, 5.41) is 11.4. The molecular weight excluding hydrogens is 314 g/mol. The third kappa shape index (κ3) is 3.88. The third-order valence-corrected chi connectivity index (χ3v) is 3.77. The molecule has 0 fully saturated rings. The lowest BCUT2D eigenvalue weighted by atomic mass is 10.0. The van der Waals surface area contributed by atoms with Gasteiger partial charge in [0, 0.05) is 22.2 Å². The van der Waals surface area contributed by atoms with E-state index in [1.807, 2.05) is 51.1 Å². The predicted octanol–water partition coefficient (Wildman–Crippen LogP) is 5.13. The standard InChI is InChI=1S/C18H22ClNO3/c1-18(2,3)20(17(21)22)15-9-10-16(23-12-6-11-19)14-8-5-4-7-13(14)15/h4-5,7-10H,6,11-12H2,1-3H3,(H,21,22). The number of halogens is 1. The van der Waals surface area contributed by atoms with Crippen LogP contribution in [0, 0.1) is 0 Å². The first-order valence-electron chi connectivity index (χ1n) is 7.60. The van der Waals surface area contributed by atoms with E-state index in [1.54, 1.807) is 6.07 Å². The third-order valence-electron chi connectivity index (χ3n) is 3.50. The summed E-state index contributed by atoms with van der Waals surface area (Å²) in [6, 6.07) is 11.3. The zero-order chi connectivity index (χ0) is 17.0. The van der Waals surface area contributed by atoms with Crippen molar-refractivity contribution in [3.05, 3.63) is 36.4 Å². The highest BCUT2D eigenvalue weighted by molar-refractivity contribution is 6.17. The number of hydrogen-bond donors (Lipinski definition) is 1. The van der Waals surface area contributed by atoms with Gasteiger partial charge in [0.15, 0.2) is 0 Å². The smallest absolute Gasteiger partial charge is 0.412 e. The first-order chi connectivity index (χ1) is 10.9. The minimum absolute atomic E-state index is 0.536. The highest BCUT2D eigenvalue weighted by Gasteiger charge is 2.29. The van der Waals surface area contributed by atoms with Gasteiger partial charge in [-0.3, -0.25) is 4.90 Å². The molecule has 0 radical (unpaired) electrons. The van der Waals surface area contributed by atoms with Crippen molar-refractivity contribution in [1.82, 2.24) is 0 Å². The van der Waals surface area contributed by atoms with Crippen molar-refractivity contribution in [1.29, 1.82) is 0 Å². The van der Waals surface area contributed by atoms with Crippen LogP contribution in [0.15, 0.2) is 36.4 Å². The van der Waals surface area contributed by atoms with Gasteiger partial charge in [-0.1, -0.05) is 24.3 Å². The van der Waals surface area contributed by atoms with Crippen molar-refractivity contribution < 1.29 is 14.6 Å². The summed E-state index contributed by atoms with van der Waals surface area (Å²) in [6.45, 7) is 6.16. The van der Waals surface area contributed by atoms with Gasteiger partial charge in [-0.15, -0.1) is 11.6 Å². The molecule has 23 heavy (non-hydrogen) atoms. The molecule has 0 aliphatic heterocycles. The van der Waals surface area contributed by atoms with Gasteiger partial charge in [-0.25, -0.2) is 4.79 Å². The van der Waals surface area contributed by atoms with Gasteiger partial charge in [-0.05, 0) is 39.3 Å². The molecule has 0 spiro atoms. The fourth-order valence-corrected chi connectivity index (χ4v) is 2.67. The minimum atomic E-state index is -0.974. The van der Waals surface area contributed by atoms with E-state index in [1.165, 1.54) is 4.90 Å². The summed E-state index contributed by atoms with van der Waals surface area (Å²) in [6.07, 6.45) is -0.209. The highest BCUT2D eigenvalue weighted by atomic mass is 35.5. The van der Waals surface area contributed by atoms with Crippen LogP contribution in [0.4, 0.5) is 10.5 Å². The van der Waals surface area contributed by atoms with Crippen molar-refractivity contribution in [2.45, 2.75) is 32.7 Å². The average molecular weight is 336 g/mol. The topological polar surface area (TPSA) is 49.8 Å². The van der Waals surface area contributed by atoms with Crippen LogP contribution in [-0.2, 0) is 0 Å². The number of ether oxygens (including phenoxy) is 1. The zero-order valence-electron chi connectivity index (χ0n) is 13.7. The Bertz CT molecular complexity index is 694. The maximum Gasteiger partial charge on any atom is 0.412 e. The molecule has 0 saturated heterocycles. The summed E-state index contributed by atoms with van der Waals surface area (Å²) in [7, 11) is 0. The quantitative estimate of drug-likeness (QED) is 0.608. The highest BCUT2D eigenvalue weighted by Crippen LogP contribution is 2.36. The first-order valence-corrected chi connectivity index (χ1v) is 8.13. The lowest BCUT2D eigenvalue weighted by Crippen LogP contribution is -2.45. The predicted molar refractivity (Wildman–Crippen MR) is 95.0 cm³/mol. The Morgan fingerprint density at radius 3 is 2.39 bits per heavy atom. The van der Waals surface area contributed by atoms with E-state index in [0.717, 1.165) is 22.9 Å². The summed E-state index contributed by atoms with van der Waals surface area (Å²) in [5.74, 6) is 1.29. The number of amides is 1. The second kappa shape index (κ2) is 7.09. The fourth-order valence-electron chi connectivity index (χ4n) is 2.56. The number of hydrogen-bond acceptors (Lipinski definition) is 2. The lowest BCUT2D eigenvalue weighted by Gasteiger charge is -2.34. The Labute approximate surface area is 141 Å². The van der Waals surface area contributed by atoms with E-state index in [-0.39, 0.29) is 0 Å². The van der Waals surface area contributed by atoms with Crippen LogP contribution in [-0.4, -0.2) is 29.2 Å². The van der Waals surface area contributed by atoms with Gasteiger partial charge in [0.25, 0.3) is 0 Å². The lowest BCUT2D eigenvalue weighted by molar-refractivity contribution is 0.195. The molecule has 0 aromatic heterocycles. The SMILES string of the molecule is CC(C)(C)N(C(=O)O)c1ccc(OCCCCl)c2ccccc12. The molecule has 0 unspecified atom stereocenters. The van der Waals surface area contributed by atoms with Gasteiger partial charge in [0.2, 0.25) is 0 Å². The van der Waals surface area contributed by atoms with E-state index in [9.17, 15) is 9.90 Å². The van der Waals surface area contributed by atoms with Crippen molar-refractivity contribution in [3.8, 4) is 5.75 Å². The molecule has 124 valence electrons. The van der Waals surface area contributed by atoms with E-state index < -0.39 is 11.6 Å². The molecule has 5 heteroatoms. The summed E-state index contributed by atoms with van der Waals surface area (Å²) in [4.78, 5) is 13.2. The zero-order valence-corrected chi connectivity index (χ0v) is 14.4. The van der Waals surface area contributed by atoms with Crippen molar-refractivity contribution in [2.75, 3.05) is 17.4 Å². The van der Waals surface area contributed by atoms with Crippen molar-refractivity contribution >= 4 is 34.2 Å². The van der Waals surface area contributed by atoms with E-state index in [0.29, 0.717) is 18.2 Å². The molecule has 1 amide bonds. The summed E-state index contributed by atoms with van der Waals surface area (Å²) < 4.78 is 5.79. The summed E-state index contributed by atoms with van der Waals surface area (Å²) in [5.41, 5.74) is 0.112. The van der Waals surface area contributed by atoms with Crippen LogP contribution < -0.4 is 9.64 Å². The fraction of sp³-hybridized carbons (Fsp3) is 0.389. The molecule has 2 rings (SSSR count). The molecule has 0 heterocycles. The van der Waals surface area contributed by atoms with Crippen LogP contribution in [0.3, 0.4) is 0 Å². The van der Waals surface area contributed by atoms with E-state index in [4.69, 9.17) is 16.3 Å². The molecule has 2 aromatic rings. The number of benzene rings is 2. The molecule has 0 aliphatic carbocycles. The number of carboxylic acid groups (broad SMARTS) is 1. The number of rotatable bonds is 5. The van der Waals surface area contributed by atoms with Crippen LogP contribution in [0.25, 0.3) is 10.8 Å². The van der Waals surface area contributed by atoms with Crippen LogP contribution in [0.5, 0.6) is 5.75 Å². The number of anilines is 1. The van der Waals surface area contributed by atoms with Gasteiger partial charge < -0.3 is 9.84 Å². The second-order valence-corrected chi connectivity index (χ2v) is 6.69. The normalized spacial score (nSPS) is 11.5. The Kier molecular flexibility index (Phi) is 5.37. The Morgan fingerprint density at radius 1 is 1.17 bits per heavy atom. The molecule has 0 saturated carbocycles. The number of carbonyl (C=O) groups is 1. The van der Waals surface area contributed by atoms with Gasteiger partial charge in [0.1, 0.15) is 5.75 Å². The minimum Gasteiger partial charge on any atom is -0.493 e. The van der Waals surface area contributed by atoms with E-state index in [2.05, 4.69) is 0 Å². The molecule has 0 aliphatic rings. The van der Waals surface area contributed by atoms with Crippen LogP contribution in [0.2, 0.25) is 0 Å². The first kappa shape index (κ1) is 17.4. The maximum absolute atomic E-state index is 11.8. The van der Waals surface area contributed by atoms with Crippen LogP contribution in [0.1, 0.15) is 27.2 Å². The Balaban J connectivity index is 2.54. The second-order valence-electron chi connectivity index (χ2n) is 6.31. The molecule has 0 atom stereocenters. The maximum atomic E-state index is 11.8. The molecule has 1 N–H and O–H groups in total.